The normalized spacial score (nSPS) is 10.9. The molecule has 0 aliphatic rings. The minimum absolute atomic E-state index is 0.0366. The lowest BCUT2D eigenvalue weighted by Gasteiger charge is -2.16. The van der Waals surface area contributed by atoms with Crippen LogP contribution in [0.15, 0.2) is 46.3 Å². The summed E-state index contributed by atoms with van der Waals surface area (Å²) in [6.07, 6.45) is 0.671. The fourth-order valence-electron chi connectivity index (χ4n) is 2.34. The van der Waals surface area contributed by atoms with E-state index in [1.807, 2.05) is 37.3 Å². The first-order chi connectivity index (χ1) is 11.6. The molecule has 8 heteroatoms. The maximum Gasteiger partial charge on any atom is 0.252 e. The number of hydrogen-bond acceptors (Lipinski definition) is 5. The van der Waals surface area contributed by atoms with Crippen molar-refractivity contribution in [2.45, 2.75) is 18.5 Å². The highest BCUT2D eigenvalue weighted by Gasteiger charge is 2.15. The standard InChI is InChI=1S/C16H17N5O2S/c1-3-11-9-13(22)17-15-18-19-16(21(11)15)24-10-14(23)20(2)12-7-5-4-6-8-12/h4-9H,3,10H2,1-2H3,(H,17,18,22). The topological polar surface area (TPSA) is 83.4 Å². The minimum atomic E-state index is -0.205. The SMILES string of the molecule is CCc1cc(=O)[nH]c2nnc(SCC(=O)N(C)c3ccccc3)n12. The molecule has 24 heavy (non-hydrogen) atoms. The Labute approximate surface area is 142 Å². The molecule has 2 aromatic heterocycles. The zero-order valence-electron chi connectivity index (χ0n) is 13.4. The molecule has 3 rings (SSSR count). The van der Waals surface area contributed by atoms with Gasteiger partial charge in [-0.25, -0.2) is 0 Å². The van der Waals surface area contributed by atoms with Crippen LogP contribution in [0.5, 0.6) is 0 Å². The number of fused-ring (bicyclic) bond motifs is 1. The molecule has 0 bridgehead atoms. The molecule has 2 heterocycles. The fourth-order valence-corrected chi connectivity index (χ4v) is 3.22. The molecule has 0 aliphatic heterocycles. The summed E-state index contributed by atoms with van der Waals surface area (Å²) in [5, 5.41) is 8.66. The van der Waals surface area contributed by atoms with Crippen LogP contribution in [-0.2, 0) is 11.2 Å². The number of para-hydroxylation sites is 1. The Morgan fingerprint density at radius 1 is 1.29 bits per heavy atom. The molecule has 0 radical (unpaired) electrons. The lowest BCUT2D eigenvalue weighted by atomic mass is 10.3. The number of aromatic amines is 1. The molecule has 0 fully saturated rings. The Morgan fingerprint density at radius 3 is 2.75 bits per heavy atom. The third-order valence-corrected chi connectivity index (χ3v) is 4.57. The van der Waals surface area contributed by atoms with Crippen LogP contribution < -0.4 is 10.5 Å². The van der Waals surface area contributed by atoms with E-state index in [0.717, 1.165) is 11.4 Å². The molecule has 0 unspecified atom stereocenters. The molecule has 124 valence electrons. The van der Waals surface area contributed by atoms with Crippen LogP contribution in [0.4, 0.5) is 5.69 Å². The second-order valence-corrected chi connectivity index (χ2v) is 6.14. The molecule has 1 aromatic carbocycles. The molecule has 0 atom stereocenters. The van der Waals surface area contributed by atoms with E-state index in [-0.39, 0.29) is 17.2 Å². The first-order valence-electron chi connectivity index (χ1n) is 7.52. The van der Waals surface area contributed by atoms with Crippen molar-refractivity contribution in [3.63, 3.8) is 0 Å². The van der Waals surface area contributed by atoms with Crippen molar-refractivity contribution in [3.05, 3.63) is 52.4 Å². The monoisotopic (exact) mass is 343 g/mol. The van der Waals surface area contributed by atoms with Crippen molar-refractivity contribution in [1.82, 2.24) is 19.6 Å². The van der Waals surface area contributed by atoms with Gasteiger partial charge in [0.1, 0.15) is 0 Å². The summed E-state index contributed by atoms with van der Waals surface area (Å²) in [5.41, 5.74) is 1.45. The Kier molecular flexibility index (Phi) is 4.66. The van der Waals surface area contributed by atoms with Gasteiger partial charge in [-0.1, -0.05) is 36.9 Å². The van der Waals surface area contributed by atoms with Gasteiger partial charge in [0.05, 0.1) is 5.75 Å². The minimum Gasteiger partial charge on any atom is -0.315 e. The van der Waals surface area contributed by atoms with E-state index in [2.05, 4.69) is 15.2 Å². The Hall–Kier alpha value is -2.61. The van der Waals surface area contributed by atoms with E-state index in [9.17, 15) is 9.59 Å². The van der Waals surface area contributed by atoms with Gasteiger partial charge in [-0.15, -0.1) is 10.2 Å². The number of H-pyrrole nitrogens is 1. The number of carbonyl (C=O) groups excluding carboxylic acids is 1. The predicted molar refractivity (Wildman–Crippen MR) is 93.6 cm³/mol. The molecule has 0 spiro atoms. The van der Waals surface area contributed by atoms with Crippen molar-refractivity contribution in [1.29, 1.82) is 0 Å². The lowest BCUT2D eigenvalue weighted by Crippen LogP contribution is -2.27. The molecular weight excluding hydrogens is 326 g/mol. The number of amides is 1. The van der Waals surface area contributed by atoms with Crippen LogP contribution in [-0.4, -0.2) is 38.3 Å². The van der Waals surface area contributed by atoms with Gasteiger partial charge in [0.15, 0.2) is 5.16 Å². The van der Waals surface area contributed by atoms with Crippen LogP contribution in [0, 0.1) is 0 Å². The number of rotatable bonds is 5. The predicted octanol–water partition coefficient (Wildman–Crippen LogP) is 1.74. The summed E-state index contributed by atoms with van der Waals surface area (Å²) in [6, 6.07) is 11.0. The first kappa shape index (κ1) is 16.3. The molecule has 0 aliphatic carbocycles. The summed E-state index contributed by atoms with van der Waals surface area (Å²) < 4.78 is 1.78. The van der Waals surface area contributed by atoms with E-state index in [1.54, 1.807) is 16.3 Å². The number of thioether (sulfide) groups is 1. The summed E-state index contributed by atoms with van der Waals surface area (Å²) in [6.45, 7) is 1.96. The fraction of sp³-hybridized carbons (Fsp3) is 0.250. The quantitative estimate of drug-likeness (QED) is 0.714. The molecule has 0 saturated heterocycles. The average Bonchev–Trinajstić information content (AvgIpc) is 3.01. The highest BCUT2D eigenvalue weighted by Crippen LogP contribution is 2.19. The van der Waals surface area contributed by atoms with Crippen LogP contribution >= 0.6 is 11.8 Å². The molecular formula is C16H17N5O2S. The highest BCUT2D eigenvalue weighted by atomic mass is 32.2. The molecule has 3 aromatic rings. The number of nitrogens with one attached hydrogen (secondary N) is 1. The Balaban J connectivity index is 1.79. The number of aryl methyl sites for hydroxylation is 1. The van der Waals surface area contributed by atoms with E-state index in [0.29, 0.717) is 17.4 Å². The van der Waals surface area contributed by atoms with Gasteiger partial charge in [-0.2, -0.15) is 0 Å². The third-order valence-electron chi connectivity index (χ3n) is 3.66. The van der Waals surface area contributed by atoms with Gasteiger partial charge >= 0.3 is 0 Å². The molecule has 1 amide bonds. The van der Waals surface area contributed by atoms with Crippen LogP contribution in [0.2, 0.25) is 0 Å². The molecule has 7 nitrogen and oxygen atoms in total. The van der Waals surface area contributed by atoms with Crippen LogP contribution in [0.25, 0.3) is 5.78 Å². The largest absolute Gasteiger partial charge is 0.315 e. The van der Waals surface area contributed by atoms with Crippen molar-refractivity contribution >= 4 is 29.1 Å². The van der Waals surface area contributed by atoms with Crippen LogP contribution in [0.1, 0.15) is 12.6 Å². The number of carbonyl (C=O) groups is 1. The number of aromatic nitrogens is 4. The Morgan fingerprint density at radius 2 is 2.04 bits per heavy atom. The Bertz CT molecular complexity index is 919. The lowest BCUT2D eigenvalue weighted by molar-refractivity contribution is -0.115. The number of anilines is 1. The maximum absolute atomic E-state index is 12.4. The van der Waals surface area contributed by atoms with E-state index in [4.69, 9.17) is 0 Å². The van der Waals surface area contributed by atoms with Gasteiger partial charge in [-0.05, 0) is 18.6 Å². The smallest absolute Gasteiger partial charge is 0.252 e. The third kappa shape index (κ3) is 3.18. The van der Waals surface area contributed by atoms with E-state index >= 15 is 0 Å². The van der Waals surface area contributed by atoms with Gasteiger partial charge < -0.3 is 4.90 Å². The number of hydrogen-bond donors (Lipinski definition) is 1. The first-order valence-corrected chi connectivity index (χ1v) is 8.50. The average molecular weight is 343 g/mol. The molecule has 1 N–H and O–H groups in total. The maximum atomic E-state index is 12.4. The van der Waals surface area contributed by atoms with Crippen molar-refractivity contribution in [3.8, 4) is 0 Å². The van der Waals surface area contributed by atoms with E-state index < -0.39 is 0 Å². The van der Waals surface area contributed by atoms with Crippen molar-refractivity contribution in [2.24, 2.45) is 0 Å². The van der Waals surface area contributed by atoms with E-state index in [1.165, 1.54) is 17.8 Å². The summed E-state index contributed by atoms with van der Waals surface area (Å²) in [5.74, 6) is 0.588. The number of nitrogens with zero attached hydrogens (tertiary/aromatic N) is 4. The summed E-state index contributed by atoms with van der Waals surface area (Å²) in [4.78, 5) is 28.2. The van der Waals surface area contributed by atoms with Crippen LogP contribution in [0.3, 0.4) is 0 Å². The van der Waals surface area contributed by atoms with Crippen molar-refractivity contribution < 1.29 is 4.79 Å². The van der Waals surface area contributed by atoms with Crippen molar-refractivity contribution in [2.75, 3.05) is 17.7 Å². The van der Waals surface area contributed by atoms with Gasteiger partial charge in [-0.3, -0.25) is 19.0 Å². The second-order valence-electron chi connectivity index (χ2n) is 5.20. The number of benzene rings is 1. The second kappa shape index (κ2) is 6.88. The summed E-state index contributed by atoms with van der Waals surface area (Å²) in [7, 11) is 1.75. The zero-order valence-corrected chi connectivity index (χ0v) is 14.2. The summed E-state index contributed by atoms with van der Waals surface area (Å²) >= 11 is 1.30. The van der Waals surface area contributed by atoms with Gasteiger partial charge in [0.25, 0.3) is 5.56 Å². The zero-order chi connectivity index (χ0) is 17.1. The highest BCUT2D eigenvalue weighted by molar-refractivity contribution is 7.99. The molecule has 0 saturated carbocycles. The van der Waals surface area contributed by atoms with Gasteiger partial charge in [0, 0.05) is 24.5 Å². The van der Waals surface area contributed by atoms with Gasteiger partial charge in [0.2, 0.25) is 11.7 Å².